The van der Waals surface area contributed by atoms with Crippen molar-refractivity contribution in [2.75, 3.05) is 61.0 Å². The molecule has 0 bridgehead atoms. The average molecular weight is 373 g/mol. The quantitative estimate of drug-likeness (QED) is 0.771. The molecule has 8 heteroatoms. The third-order valence-corrected chi connectivity index (χ3v) is 5.12. The van der Waals surface area contributed by atoms with Gasteiger partial charge in [-0.25, -0.2) is 18.6 Å². The van der Waals surface area contributed by atoms with Crippen LogP contribution in [0.1, 0.15) is 0 Å². The Morgan fingerprint density at radius 2 is 1.67 bits per heavy atom. The van der Waals surface area contributed by atoms with Crippen molar-refractivity contribution in [3.05, 3.63) is 48.2 Å². The third kappa shape index (κ3) is 3.39. The number of hydrogen-bond donors (Lipinski definition) is 0. The Morgan fingerprint density at radius 1 is 0.926 bits per heavy atom. The molecule has 0 unspecified atom stereocenters. The number of aromatic nitrogens is 1. The van der Waals surface area contributed by atoms with Gasteiger partial charge in [0.05, 0.1) is 17.6 Å². The van der Waals surface area contributed by atoms with Crippen molar-refractivity contribution in [2.24, 2.45) is 0 Å². The van der Waals surface area contributed by atoms with Gasteiger partial charge >= 0.3 is 6.03 Å². The van der Waals surface area contributed by atoms with E-state index in [0.717, 1.165) is 11.4 Å². The lowest BCUT2D eigenvalue weighted by Crippen LogP contribution is -2.55. The van der Waals surface area contributed by atoms with Gasteiger partial charge in [-0.2, -0.15) is 0 Å². The molecule has 142 valence electrons. The number of urea groups is 1. The summed E-state index contributed by atoms with van der Waals surface area (Å²) in [4.78, 5) is 24.7. The summed E-state index contributed by atoms with van der Waals surface area (Å²) in [7, 11) is 1.90. The lowest BCUT2D eigenvalue weighted by atomic mass is 10.1. The van der Waals surface area contributed by atoms with Crippen LogP contribution in [0.5, 0.6) is 0 Å². The molecule has 2 aliphatic rings. The number of hydrogen-bond acceptors (Lipinski definition) is 4. The van der Waals surface area contributed by atoms with Gasteiger partial charge in [-0.15, -0.1) is 0 Å². The number of anilines is 3. The number of nitrogens with zero attached hydrogens (tertiary/aromatic N) is 5. The first kappa shape index (κ1) is 17.5. The topological polar surface area (TPSA) is 42.9 Å². The molecule has 3 heterocycles. The molecule has 1 aromatic heterocycles. The van der Waals surface area contributed by atoms with E-state index in [1.165, 1.54) is 24.4 Å². The number of rotatable bonds is 1. The number of amides is 2. The molecule has 0 atom stereocenters. The standard InChI is InChI=1S/C19H21F2N5O/c1-23-6-11-26(16-4-2-14(20)12-17(16)23)19(27)25-9-7-24(8-10-25)18-5-3-15(21)13-22-18/h2-5,12-13H,6-11H2,1H3. The highest BCUT2D eigenvalue weighted by molar-refractivity contribution is 5.97. The van der Waals surface area contributed by atoms with Crippen LogP contribution < -0.4 is 14.7 Å². The molecule has 2 aliphatic heterocycles. The Balaban J connectivity index is 1.46. The lowest BCUT2D eigenvalue weighted by Gasteiger charge is -2.41. The van der Waals surface area contributed by atoms with Crippen LogP contribution in [0, 0.1) is 11.6 Å². The third-order valence-electron chi connectivity index (χ3n) is 5.12. The number of piperazine rings is 1. The second-order valence-electron chi connectivity index (χ2n) is 6.80. The van der Waals surface area contributed by atoms with Gasteiger partial charge in [0.1, 0.15) is 17.5 Å². The highest BCUT2D eigenvalue weighted by Crippen LogP contribution is 2.33. The minimum absolute atomic E-state index is 0.0670. The Bertz CT molecular complexity index is 836. The van der Waals surface area contributed by atoms with Crippen molar-refractivity contribution < 1.29 is 13.6 Å². The zero-order chi connectivity index (χ0) is 19.0. The van der Waals surface area contributed by atoms with E-state index in [1.54, 1.807) is 21.9 Å². The molecule has 0 spiro atoms. The highest BCUT2D eigenvalue weighted by Gasteiger charge is 2.31. The second kappa shape index (κ2) is 7.02. The predicted octanol–water partition coefficient (Wildman–Crippen LogP) is 2.56. The van der Waals surface area contributed by atoms with E-state index in [9.17, 15) is 13.6 Å². The van der Waals surface area contributed by atoms with E-state index < -0.39 is 0 Å². The maximum Gasteiger partial charge on any atom is 0.324 e. The number of carbonyl (C=O) groups excluding carboxylic acids is 1. The van der Waals surface area contributed by atoms with Gasteiger partial charge in [0, 0.05) is 46.3 Å². The fourth-order valence-electron chi connectivity index (χ4n) is 3.57. The van der Waals surface area contributed by atoms with Gasteiger partial charge in [-0.3, -0.25) is 4.90 Å². The summed E-state index contributed by atoms with van der Waals surface area (Å²) >= 11 is 0. The maximum atomic E-state index is 13.6. The fraction of sp³-hybridized carbons (Fsp3) is 0.368. The van der Waals surface area contributed by atoms with Crippen molar-refractivity contribution in [3.63, 3.8) is 0 Å². The van der Waals surface area contributed by atoms with Gasteiger partial charge in [-0.05, 0) is 30.3 Å². The van der Waals surface area contributed by atoms with Crippen molar-refractivity contribution in [2.45, 2.75) is 0 Å². The largest absolute Gasteiger partial charge is 0.371 e. The first-order chi connectivity index (χ1) is 13.0. The Kier molecular flexibility index (Phi) is 4.55. The molecule has 0 radical (unpaired) electrons. The minimum atomic E-state index is -0.363. The summed E-state index contributed by atoms with van der Waals surface area (Å²) in [6.07, 6.45) is 1.20. The SMILES string of the molecule is CN1CCN(C(=O)N2CCN(c3ccc(F)cn3)CC2)c2ccc(F)cc21. The second-order valence-corrected chi connectivity index (χ2v) is 6.80. The van der Waals surface area contributed by atoms with Crippen LogP contribution in [0.3, 0.4) is 0 Å². The van der Waals surface area contributed by atoms with Gasteiger partial charge in [0.2, 0.25) is 0 Å². The van der Waals surface area contributed by atoms with E-state index >= 15 is 0 Å². The fourth-order valence-corrected chi connectivity index (χ4v) is 3.57. The van der Waals surface area contributed by atoms with Crippen LogP contribution in [0.25, 0.3) is 0 Å². The summed E-state index contributed by atoms with van der Waals surface area (Å²) in [5, 5.41) is 0. The molecule has 1 fully saturated rings. The predicted molar refractivity (Wildman–Crippen MR) is 100 cm³/mol. The normalized spacial score (nSPS) is 17.1. The molecule has 27 heavy (non-hydrogen) atoms. The zero-order valence-corrected chi connectivity index (χ0v) is 15.1. The number of carbonyl (C=O) groups is 1. The Hall–Kier alpha value is -2.90. The van der Waals surface area contributed by atoms with Crippen molar-refractivity contribution in [1.82, 2.24) is 9.88 Å². The van der Waals surface area contributed by atoms with Gasteiger partial charge in [-0.1, -0.05) is 0 Å². The van der Waals surface area contributed by atoms with E-state index in [2.05, 4.69) is 4.98 Å². The smallest absolute Gasteiger partial charge is 0.324 e. The molecule has 6 nitrogen and oxygen atoms in total. The monoisotopic (exact) mass is 373 g/mol. The van der Waals surface area contributed by atoms with Gasteiger partial charge in [0.15, 0.2) is 0 Å². The number of likely N-dealkylation sites (N-methyl/N-ethyl adjacent to an activating group) is 1. The molecule has 0 saturated carbocycles. The summed E-state index contributed by atoms with van der Waals surface area (Å²) in [5.74, 6) is 0.0389. The summed E-state index contributed by atoms with van der Waals surface area (Å²) in [5.41, 5.74) is 1.46. The molecule has 0 aliphatic carbocycles. The minimum Gasteiger partial charge on any atom is -0.371 e. The Labute approximate surface area is 156 Å². The van der Waals surface area contributed by atoms with E-state index in [-0.39, 0.29) is 17.7 Å². The molecule has 2 aromatic rings. The molecule has 4 rings (SSSR count). The van der Waals surface area contributed by atoms with Crippen LogP contribution in [0.15, 0.2) is 36.5 Å². The summed E-state index contributed by atoms with van der Waals surface area (Å²) < 4.78 is 26.6. The van der Waals surface area contributed by atoms with E-state index in [1.807, 2.05) is 16.8 Å². The first-order valence-corrected chi connectivity index (χ1v) is 8.96. The van der Waals surface area contributed by atoms with E-state index in [0.29, 0.717) is 45.1 Å². The average Bonchev–Trinajstić information content (AvgIpc) is 2.69. The number of fused-ring (bicyclic) bond motifs is 1. The highest BCUT2D eigenvalue weighted by atomic mass is 19.1. The summed E-state index contributed by atoms with van der Waals surface area (Å²) in [6.45, 7) is 3.60. The van der Waals surface area contributed by atoms with Crippen LogP contribution in [0.2, 0.25) is 0 Å². The van der Waals surface area contributed by atoms with Crippen LogP contribution in [-0.2, 0) is 0 Å². The number of benzene rings is 1. The molecular formula is C19H21F2N5O. The first-order valence-electron chi connectivity index (χ1n) is 8.96. The molecule has 1 saturated heterocycles. The van der Waals surface area contributed by atoms with Crippen molar-refractivity contribution in [1.29, 1.82) is 0 Å². The van der Waals surface area contributed by atoms with Gasteiger partial charge in [0.25, 0.3) is 0 Å². The summed E-state index contributed by atoms with van der Waals surface area (Å²) in [6, 6.07) is 7.49. The number of pyridine rings is 1. The lowest BCUT2D eigenvalue weighted by molar-refractivity contribution is 0.201. The van der Waals surface area contributed by atoms with Crippen LogP contribution >= 0.6 is 0 Å². The molecule has 1 aromatic carbocycles. The molecular weight excluding hydrogens is 352 g/mol. The Morgan fingerprint density at radius 3 is 2.37 bits per heavy atom. The number of halogens is 2. The molecule has 2 amide bonds. The van der Waals surface area contributed by atoms with E-state index in [4.69, 9.17) is 0 Å². The van der Waals surface area contributed by atoms with Crippen LogP contribution in [-0.4, -0.2) is 62.2 Å². The van der Waals surface area contributed by atoms with Gasteiger partial charge < -0.3 is 14.7 Å². The molecule has 0 N–H and O–H groups in total. The maximum absolute atomic E-state index is 13.6. The van der Waals surface area contributed by atoms with Crippen molar-refractivity contribution >= 4 is 23.2 Å². The zero-order valence-electron chi connectivity index (χ0n) is 15.1. The van der Waals surface area contributed by atoms with Crippen LogP contribution in [0.4, 0.5) is 30.8 Å². The van der Waals surface area contributed by atoms with Crippen molar-refractivity contribution in [3.8, 4) is 0 Å².